The number of hydrogen-bond donors (Lipinski definition) is 1. The van der Waals surface area contributed by atoms with E-state index < -0.39 is 5.72 Å². The van der Waals surface area contributed by atoms with Crippen molar-refractivity contribution >= 4 is 17.6 Å². The van der Waals surface area contributed by atoms with Crippen LogP contribution in [-0.2, 0) is 0 Å². The molecule has 1 N–H and O–H groups in total. The van der Waals surface area contributed by atoms with Gasteiger partial charge in [-0.25, -0.2) is 4.79 Å². The highest BCUT2D eigenvalue weighted by Gasteiger charge is 2.50. The first kappa shape index (κ1) is 13.6. The smallest absolute Gasteiger partial charge is 0.321 e. The summed E-state index contributed by atoms with van der Waals surface area (Å²) in [5, 5.41) is 3.74. The zero-order valence-electron chi connectivity index (χ0n) is 12.2. The Hall–Kier alpha value is -1.42. The van der Waals surface area contributed by atoms with E-state index in [0.29, 0.717) is 5.02 Å². The van der Waals surface area contributed by atoms with E-state index in [0.717, 1.165) is 23.3 Å². The molecule has 4 nitrogen and oxygen atoms in total. The number of urea groups is 1. The monoisotopic (exact) mass is 294 g/mol. The van der Waals surface area contributed by atoms with E-state index in [1.807, 2.05) is 39.8 Å². The quantitative estimate of drug-likeness (QED) is 0.859. The molecular weight excluding hydrogens is 276 g/mol. The van der Waals surface area contributed by atoms with Crippen molar-refractivity contribution < 1.29 is 9.53 Å². The number of fused-ring (bicyclic) bond motifs is 4. The Morgan fingerprint density at radius 3 is 2.85 bits per heavy atom. The normalized spacial score (nSPS) is 28.0. The van der Waals surface area contributed by atoms with Gasteiger partial charge in [0.05, 0.1) is 6.04 Å². The van der Waals surface area contributed by atoms with Gasteiger partial charge in [-0.15, -0.1) is 0 Å². The van der Waals surface area contributed by atoms with E-state index in [4.69, 9.17) is 16.3 Å². The predicted molar refractivity (Wildman–Crippen MR) is 78.1 cm³/mol. The molecule has 2 aliphatic heterocycles. The maximum Gasteiger partial charge on any atom is 0.321 e. The van der Waals surface area contributed by atoms with E-state index in [2.05, 4.69) is 5.32 Å². The van der Waals surface area contributed by atoms with Crippen molar-refractivity contribution in [3.05, 3.63) is 28.3 Å². The van der Waals surface area contributed by atoms with Gasteiger partial charge in [0.25, 0.3) is 0 Å². The van der Waals surface area contributed by atoms with Crippen LogP contribution in [0.25, 0.3) is 0 Å². The number of nitrogens with zero attached hydrogens (tertiary/aromatic N) is 1. The summed E-state index contributed by atoms with van der Waals surface area (Å²) in [4.78, 5) is 14.1. The van der Waals surface area contributed by atoms with E-state index in [1.165, 1.54) is 0 Å². The van der Waals surface area contributed by atoms with Crippen LogP contribution in [0, 0.1) is 6.92 Å². The number of amides is 2. The molecule has 1 fully saturated rings. The van der Waals surface area contributed by atoms with Crippen molar-refractivity contribution in [1.29, 1.82) is 0 Å². The fourth-order valence-corrected chi connectivity index (χ4v) is 3.68. The molecule has 0 aliphatic carbocycles. The molecule has 1 aromatic carbocycles. The van der Waals surface area contributed by atoms with Crippen LogP contribution in [0.5, 0.6) is 5.75 Å². The Morgan fingerprint density at radius 1 is 1.50 bits per heavy atom. The molecule has 108 valence electrons. The highest BCUT2D eigenvalue weighted by molar-refractivity contribution is 6.30. The number of carbonyl (C=O) groups excluding carboxylic acids is 1. The molecule has 2 atom stereocenters. The summed E-state index contributed by atoms with van der Waals surface area (Å²) in [5.41, 5.74) is 1.37. The van der Waals surface area contributed by atoms with Gasteiger partial charge in [-0.05, 0) is 45.4 Å². The molecule has 0 spiro atoms. The largest absolute Gasteiger partial charge is 0.467 e. The lowest BCUT2D eigenvalue weighted by molar-refractivity contribution is -0.0967. The summed E-state index contributed by atoms with van der Waals surface area (Å²) in [5.74, 6) is 0.846. The predicted octanol–water partition coefficient (Wildman–Crippen LogP) is 3.62. The molecule has 2 unspecified atom stereocenters. The second kappa shape index (κ2) is 4.29. The second-order valence-corrected chi connectivity index (χ2v) is 6.52. The van der Waals surface area contributed by atoms with Crippen LogP contribution in [0.1, 0.15) is 44.4 Å². The number of rotatable bonds is 1. The van der Waals surface area contributed by atoms with Gasteiger partial charge in [0.2, 0.25) is 0 Å². The fraction of sp³-hybridized carbons (Fsp3) is 0.533. The van der Waals surface area contributed by atoms with Crippen LogP contribution in [0.15, 0.2) is 12.1 Å². The van der Waals surface area contributed by atoms with Crippen molar-refractivity contribution in [2.75, 3.05) is 0 Å². The molecule has 5 heteroatoms. The molecule has 0 radical (unpaired) electrons. The lowest BCUT2D eigenvalue weighted by atomic mass is 9.88. The van der Waals surface area contributed by atoms with Gasteiger partial charge < -0.3 is 10.1 Å². The van der Waals surface area contributed by atoms with E-state index in [1.54, 1.807) is 4.90 Å². The average molecular weight is 295 g/mol. The van der Waals surface area contributed by atoms with E-state index in [-0.39, 0.29) is 18.1 Å². The average Bonchev–Trinajstić information content (AvgIpc) is 2.29. The van der Waals surface area contributed by atoms with Crippen molar-refractivity contribution in [3.63, 3.8) is 0 Å². The van der Waals surface area contributed by atoms with Gasteiger partial charge in [0.15, 0.2) is 5.72 Å². The molecule has 2 amide bonds. The number of aryl methyl sites for hydroxylation is 1. The van der Waals surface area contributed by atoms with Gasteiger partial charge in [0, 0.05) is 23.0 Å². The molecule has 0 aromatic heterocycles. The topological polar surface area (TPSA) is 41.6 Å². The van der Waals surface area contributed by atoms with Crippen LogP contribution in [0.2, 0.25) is 5.02 Å². The minimum Gasteiger partial charge on any atom is -0.467 e. The highest BCUT2D eigenvalue weighted by Crippen LogP contribution is 2.46. The van der Waals surface area contributed by atoms with Gasteiger partial charge in [-0.2, -0.15) is 0 Å². The summed E-state index contributed by atoms with van der Waals surface area (Å²) in [6, 6.07) is 3.74. The Kier molecular flexibility index (Phi) is 2.91. The third-order valence-electron chi connectivity index (χ3n) is 4.09. The third-order valence-corrected chi connectivity index (χ3v) is 4.31. The first-order valence-electron chi connectivity index (χ1n) is 6.91. The lowest BCUT2D eigenvalue weighted by Gasteiger charge is -2.52. The summed E-state index contributed by atoms with van der Waals surface area (Å²) < 4.78 is 6.23. The van der Waals surface area contributed by atoms with Crippen molar-refractivity contribution in [1.82, 2.24) is 10.2 Å². The first-order chi connectivity index (χ1) is 9.32. The zero-order chi connectivity index (χ0) is 14.7. The van der Waals surface area contributed by atoms with Crippen LogP contribution in [0.3, 0.4) is 0 Å². The Balaban J connectivity index is 2.13. The van der Waals surface area contributed by atoms with Crippen LogP contribution < -0.4 is 10.1 Å². The summed E-state index contributed by atoms with van der Waals surface area (Å²) in [6.45, 7) is 7.96. The van der Waals surface area contributed by atoms with Gasteiger partial charge >= 0.3 is 6.03 Å². The maximum atomic E-state index is 12.3. The maximum absolute atomic E-state index is 12.3. The molecule has 2 heterocycles. The standard InChI is InChI=1S/C15H19ClN2O2/c1-8(2)18-14(19)17-12-7-15(18,4)20-13-9(3)5-10(16)6-11(12)13/h5-6,8,12H,7H2,1-4H3,(H,17,19). The molecule has 2 aliphatic rings. The summed E-state index contributed by atoms with van der Waals surface area (Å²) in [6.07, 6.45) is 0.726. The fourth-order valence-electron chi connectivity index (χ4n) is 3.39. The first-order valence-corrected chi connectivity index (χ1v) is 7.28. The molecular formula is C15H19ClN2O2. The van der Waals surface area contributed by atoms with Gasteiger partial charge in [-0.1, -0.05) is 11.6 Å². The number of halogens is 1. The number of ether oxygens (including phenoxy) is 1. The Labute approximate surface area is 124 Å². The minimum atomic E-state index is -0.604. The molecule has 20 heavy (non-hydrogen) atoms. The van der Waals surface area contributed by atoms with Gasteiger partial charge in [-0.3, -0.25) is 4.90 Å². The molecule has 3 rings (SSSR count). The molecule has 2 bridgehead atoms. The third kappa shape index (κ3) is 1.85. The van der Waals surface area contributed by atoms with Crippen LogP contribution in [0.4, 0.5) is 4.79 Å². The summed E-state index contributed by atoms with van der Waals surface area (Å²) >= 11 is 6.13. The lowest BCUT2D eigenvalue weighted by Crippen LogP contribution is -2.66. The number of carbonyl (C=O) groups is 1. The highest BCUT2D eigenvalue weighted by atomic mass is 35.5. The Morgan fingerprint density at radius 2 is 2.20 bits per heavy atom. The SMILES string of the molecule is Cc1cc(Cl)cc2c1OC1(C)CC2NC(=O)N1C(C)C. The molecule has 1 saturated heterocycles. The van der Waals surface area contributed by atoms with E-state index >= 15 is 0 Å². The Bertz CT molecular complexity index is 587. The summed E-state index contributed by atoms with van der Waals surface area (Å²) in [7, 11) is 0. The molecule has 0 saturated carbocycles. The van der Waals surface area contributed by atoms with Gasteiger partial charge in [0.1, 0.15) is 5.75 Å². The number of benzene rings is 1. The van der Waals surface area contributed by atoms with Crippen molar-refractivity contribution in [3.8, 4) is 5.75 Å². The van der Waals surface area contributed by atoms with Crippen molar-refractivity contribution in [2.45, 2.75) is 51.9 Å². The zero-order valence-corrected chi connectivity index (χ0v) is 12.9. The second-order valence-electron chi connectivity index (χ2n) is 6.09. The van der Waals surface area contributed by atoms with E-state index in [9.17, 15) is 4.79 Å². The van der Waals surface area contributed by atoms with Crippen LogP contribution >= 0.6 is 11.6 Å². The minimum absolute atomic E-state index is 0.0383. The number of hydrogen-bond acceptors (Lipinski definition) is 2. The molecule has 1 aromatic rings. The van der Waals surface area contributed by atoms with Crippen molar-refractivity contribution in [2.24, 2.45) is 0 Å². The van der Waals surface area contributed by atoms with Crippen LogP contribution in [-0.4, -0.2) is 22.7 Å². The number of nitrogens with one attached hydrogen (secondary N) is 1.